The van der Waals surface area contributed by atoms with Crippen LogP contribution in [0.2, 0.25) is 0 Å². The highest BCUT2D eigenvalue weighted by molar-refractivity contribution is 8.00. The summed E-state index contributed by atoms with van der Waals surface area (Å²) in [4.78, 5) is 4.98. The molecule has 130 valence electrons. The number of hydrogen-bond donors (Lipinski definition) is 0. The lowest BCUT2D eigenvalue weighted by molar-refractivity contribution is 0.597. The first-order chi connectivity index (χ1) is 12.0. The van der Waals surface area contributed by atoms with Crippen LogP contribution in [-0.2, 0) is 22.7 Å². The van der Waals surface area contributed by atoms with Crippen LogP contribution >= 0.6 is 11.8 Å². The van der Waals surface area contributed by atoms with Crippen LogP contribution in [0.1, 0.15) is 35.2 Å². The Labute approximate surface area is 153 Å². The van der Waals surface area contributed by atoms with Gasteiger partial charge in [0.15, 0.2) is 9.84 Å². The molecule has 1 aromatic heterocycles. The Kier molecular flexibility index (Phi) is 5.45. The lowest BCUT2D eigenvalue weighted by Crippen LogP contribution is -2.10. The number of rotatable bonds is 5. The Morgan fingerprint density at radius 3 is 2.64 bits per heavy atom. The molecule has 0 saturated carbocycles. The van der Waals surface area contributed by atoms with Crippen molar-refractivity contribution >= 4 is 21.6 Å². The Hall–Kier alpha value is -1.84. The topological polar surface area (TPSA) is 70.8 Å². The van der Waals surface area contributed by atoms with Gasteiger partial charge >= 0.3 is 0 Å². The maximum atomic E-state index is 12.4. The molecule has 1 heterocycles. The third-order valence-electron chi connectivity index (χ3n) is 4.36. The van der Waals surface area contributed by atoms with E-state index in [1.54, 1.807) is 24.3 Å². The summed E-state index contributed by atoms with van der Waals surface area (Å²) in [6.07, 6.45) is 4.18. The molecular formula is C19H20N2O2S2. The Morgan fingerprint density at radius 1 is 1.20 bits per heavy atom. The third kappa shape index (κ3) is 4.23. The van der Waals surface area contributed by atoms with Crippen LogP contribution in [0.5, 0.6) is 0 Å². The van der Waals surface area contributed by atoms with E-state index in [0.29, 0.717) is 21.2 Å². The predicted molar refractivity (Wildman–Crippen MR) is 99.5 cm³/mol. The molecule has 0 amide bonds. The van der Waals surface area contributed by atoms with Crippen molar-refractivity contribution in [2.45, 2.75) is 42.5 Å². The number of aryl methyl sites for hydroxylation is 3. The van der Waals surface area contributed by atoms with E-state index < -0.39 is 9.84 Å². The molecule has 0 spiro atoms. The normalized spacial score (nSPS) is 13.9. The van der Waals surface area contributed by atoms with Crippen molar-refractivity contribution in [2.75, 3.05) is 11.5 Å². The molecule has 0 fully saturated rings. The number of benzene rings is 1. The van der Waals surface area contributed by atoms with Crippen LogP contribution in [0.25, 0.3) is 0 Å². The second-order valence-electron chi connectivity index (χ2n) is 6.25. The molecule has 1 aliphatic rings. The van der Waals surface area contributed by atoms with Gasteiger partial charge in [-0.15, -0.1) is 11.8 Å². The van der Waals surface area contributed by atoms with Gasteiger partial charge in [-0.2, -0.15) is 5.26 Å². The monoisotopic (exact) mass is 372 g/mol. The van der Waals surface area contributed by atoms with Crippen LogP contribution < -0.4 is 0 Å². The van der Waals surface area contributed by atoms with E-state index in [9.17, 15) is 13.7 Å². The number of nitrogens with zero attached hydrogens (tertiary/aromatic N) is 2. The van der Waals surface area contributed by atoms with Gasteiger partial charge in [0.1, 0.15) is 11.1 Å². The summed E-state index contributed by atoms with van der Waals surface area (Å²) in [5, 5.41) is 10.0. The quantitative estimate of drug-likeness (QED) is 0.748. The number of aromatic nitrogens is 1. The maximum Gasteiger partial charge on any atom is 0.179 e. The van der Waals surface area contributed by atoms with Gasteiger partial charge in [-0.3, -0.25) is 0 Å². The molecule has 6 heteroatoms. The van der Waals surface area contributed by atoms with Crippen molar-refractivity contribution in [3.05, 3.63) is 52.7 Å². The molecule has 25 heavy (non-hydrogen) atoms. The van der Waals surface area contributed by atoms with Gasteiger partial charge in [0.25, 0.3) is 0 Å². The second-order valence-corrected chi connectivity index (χ2v) is 9.44. The molecular weight excluding hydrogens is 352 g/mol. The number of pyridine rings is 1. The van der Waals surface area contributed by atoms with E-state index in [4.69, 9.17) is 0 Å². The average Bonchev–Trinajstić information content (AvgIpc) is 2.61. The smallest absolute Gasteiger partial charge is 0.179 e. The molecule has 0 N–H and O–H groups in total. The zero-order valence-corrected chi connectivity index (χ0v) is 15.8. The Morgan fingerprint density at radius 2 is 1.92 bits per heavy atom. The number of thioether (sulfide) groups is 1. The van der Waals surface area contributed by atoms with Crippen molar-refractivity contribution in [2.24, 2.45) is 0 Å². The summed E-state index contributed by atoms with van der Waals surface area (Å²) in [7, 11) is -3.32. The van der Waals surface area contributed by atoms with E-state index in [0.717, 1.165) is 36.9 Å². The van der Waals surface area contributed by atoms with E-state index in [1.165, 1.54) is 17.3 Å². The molecule has 3 rings (SSSR count). The zero-order valence-electron chi connectivity index (χ0n) is 14.2. The molecule has 0 saturated heterocycles. The van der Waals surface area contributed by atoms with E-state index in [1.807, 2.05) is 13.0 Å². The Balaban J connectivity index is 1.71. The minimum absolute atomic E-state index is 0.0321. The van der Waals surface area contributed by atoms with Gasteiger partial charge in [-0.1, -0.05) is 17.7 Å². The fourth-order valence-electron chi connectivity index (χ4n) is 2.92. The van der Waals surface area contributed by atoms with Gasteiger partial charge < -0.3 is 0 Å². The number of hydrogen-bond acceptors (Lipinski definition) is 5. The summed E-state index contributed by atoms with van der Waals surface area (Å²) in [5.74, 6) is 0.418. The van der Waals surface area contributed by atoms with Gasteiger partial charge in [0, 0.05) is 11.4 Å². The molecule has 0 bridgehead atoms. The van der Waals surface area contributed by atoms with Crippen LogP contribution in [0, 0.1) is 18.3 Å². The molecule has 1 aromatic carbocycles. The van der Waals surface area contributed by atoms with Crippen LogP contribution in [0.15, 0.2) is 40.3 Å². The largest absolute Gasteiger partial charge is 0.245 e. The van der Waals surface area contributed by atoms with Crippen molar-refractivity contribution in [1.29, 1.82) is 5.26 Å². The number of sulfone groups is 1. The average molecular weight is 373 g/mol. The van der Waals surface area contributed by atoms with E-state index >= 15 is 0 Å². The van der Waals surface area contributed by atoms with Crippen molar-refractivity contribution in [1.82, 2.24) is 4.98 Å². The minimum Gasteiger partial charge on any atom is -0.245 e. The highest BCUT2D eigenvalue weighted by Gasteiger charge is 2.18. The second kappa shape index (κ2) is 7.59. The molecule has 0 unspecified atom stereocenters. The van der Waals surface area contributed by atoms with Crippen molar-refractivity contribution in [3.63, 3.8) is 0 Å². The first-order valence-electron chi connectivity index (χ1n) is 8.35. The summed E-state index contributed by atoms with van der Waals surface area (Å²) >= 11 is 1.36. The highest BCUT2D eigenvalue weighted by atomic mass is 32.2. The van der Waals surface area contributed by atoms with Gasteiger partial charge in [0.2, 0.25) is 0 Å². The van der Waals surface area contributed by atoms with E-state index in [2.05, 4.69) is 11.1 Å². The molecule has 0 atom stereocenters. The summed E-state index contributed by atoms with van der Waals surface area (Å²) in [5.41, 5.74) is 3.82. The summed E-state index contributed by atoms with van der Waals surface area (Å²) in [6, 6.07) is 11.0. The van der Waals surface area contributed by atoms with Crippen LogP contribution in [0.4, 0.5) is 0 Å². The molecule has 0 aliphatic heterocycles. The summed E-state index contributed by atoms with van der Waals surface area (Å²) in [6.45, 7) is 1.93. The SMILES string of the molecule is Cc1ccc(S(=O)(=O)CCSc2nc3c(cc2C#N)CCCC3)cc1. The maximum absolute atomic E-state index is 12.4. The van der Waals surface area contributed by atoms with Crippen LogP contribution in [-0.4, -0.2) is 24.9 Å². The standard InChI is InChI=1S/C19H20N2O2S2/c1-14-6-8-17(9-7-14)25(22,23)11-10-24-19-16(13-20)12-15-4-2-3-5-18(15)21-19/h6-9,12H,2-5,10-11H2,1H3. The molecule has 1 aliphatic carbocycles. The summed E-state index contributed by atoms with van der Waals surface area (Å²) < 4.78 is 24.8. The Bertz CT molecular complexity index is 914. The minimum atomic E-state index is -3.32. The third-order valence-corrected chi connectivity index (χ3v) is 7.34. The van der Waals surface area contributed by atoms with Gasteiger partial charge in [-0.05, 0) is 56.4 Å². The lowest BCUT2D eigenvalue weighted by Gasteiger charge is -2.16. The van der Waals surface area contributed by atoms with Gasteiger partial charge in [-0.25, -0.2) is 13.4 Å². The molecule has 4 nitrogen and oxygen atoms in total. The lowest BCUT2D eigenvalue weighted by atomic mass is 9.95. The van der Waals surface area contributed by atoms with Crippen LogP contribution in [0.3, 0.4) is 0 Å². The fraction of sp³-hybridized carbons (Fsp3) is 0.368. The predicted octanol–water partition coefficient (Wildman–Crippen LogP) is 3.71. The number of fused-ring (bicyclic) bond motifs is 1. The van der Waals surface area contributed by atoms with Gasteiger partial charge in [0.05, 0.1) is 16.2 Å². The number of nitriles is 1. The molecule has 0 radical (unpaired) electrons. The highest BCUT2D eigenvalue weighted by Crippen LogP contribution is 2.27. The fourth-order valence-corrected chi connectivity index (χ4v) is 5.54. The molecule has 2 aromatic rings. The first kappa shape index (κ1) is 18.0. The van der Waals surface area contributed by atoms with Crippen molar-refractivity contribution < 1.29 is 8.42 Å². The zero-order chi connectivity index (χ0) is 17.9. The van der Waals surface area contributed by atoms with Crippen molar-refractivity contribution in [3.8, 4) is 6.07 Å². The first-order valence-corrected chi connectivity index (χ1v) is 11.0. The van der Waals surface area contributed by atoms with E-state index in [-0.39, 0.29) is 5.75 Å².